The van der Waals surface area contributed by atoms with Crippen LogP contribution in [-0.2, 0) is 39.8 Å². The van der Waals surface area contributed by atoms with Crippen LogP contribution in [0.1, 0.15) is 11.9 Å². The monoisotopic (exact) mass is 659 g/mol. The SMILES string of the molecule is OC[C@H]1OC(SCCOCCOCCOCCOCCOCc2cn([C@@H]3O[C@H](CO)[C@@H](O)[C@H](O)[C@H]3O)nn2)[C@H](O)[C@@H](O)[C@H]1O. The Morgan fingerprint density at radius 2 is 1.14 bits per heavy atom. The Bertz CT molecular complexity index is 903. The quantitative estimate of drug-likeness (QED) is 0.0577. The number of aromatic nitrogens is 3. The molecule has 2 aliphatic rings. The number of thioether (sulfide) groups is 1. The molecule has 0 aromatic carbocycles. The maximum absolute atomic E-state index is 10.2. The zero-order valence-electron chi connectivity index (χ0n) is 24.2. The Morgan fingerprint density at radius 1 is 0.636 bits per heavy atom. The third kappa shape index (κ3) is 11.3. The molecule has 8 N–H and O–H groups in total. The maximum atomic E-state index is 10.2. The van der Waals surface area contributed by atoms with E-state index in [2.05, 4.69) is 10.3 Å². The highest BCUT2D eigenvalue weighted by Crippen LogP contribution is 2.29. The number of aliphatic hydroxyl groups is 8. The molecule has 0 aliphatic carbocycles. The summed E-state index contributed by atoms with van der Waals surface area (Å²) in [5.41, 5.74) is -0.328. The first kappa shape index (κ1) is 37.3. The van der Waals surface area contributed by atoms with Crippen molar-refractivity contribution in [1.29, 1.82) is 0 Å². The van der Waals surface area contributed by atoms with Crippen LogP contribution >= 0.6 is 11.8 Å². The van der Waals surface area contributed by atoms with E-state index in [1.165, 1.54) is 22.6 Å². The number of aliphatic hydroxyl groups excluding tert-OH is 8. The minimum Gasteiger partial charge on any atom is -0.394 e. The molecule has 3 heterocycles. The minimum atomic E-state index is -1.51. The predicted octanol–water partition coefficient (Wildman–Crippen LogP) is -4.63. The van der Waals surface area contributed by atoms with Gasteiger partial charge in [0.25, 0.3) is 0 Å². The molecule has 1 unspecified atom stereocenters. The molecule has 2 aliphatic heterocycles. The molecule has 1 aromatic heterocycles. The summed E-state index contributed by atoms with van der Waals surface area (Å²) in [6, 6.07) is 0. The van der Waals surface area contributed by atoms with Crippen LogP contribution in [0.2, 0.25) is 0 Å². The number of rotatable bonds is 21. The van der Waals surface area contributed by atoms with E-state index in [4.69, 9.17) is 33.2 Å². The molecule has 2 saturated heterocycles. The van der Waals surface area contributed by atoms with Crippen LogP contribution in [0.3, 0.4) is 0 Å². The van der Waals surface area contributed by atoms with Crippen molar-refractivity contribution < 1.29 is 74.0 Å². The van der Waals surface area contributed by atoms with Gasteiger partial charge in [-0.3, -0.25) is 0 Å². The van der Waals surface area contributed by atoms with Gasteiger partial charge in [-0.25, -0.2) is 4.68 Å². The largest absolute Gasteiger partial charge is 0.394 e. The van der Waals surface area contributed by atoms with Gasteiger partial charge in [0, 0.05) is 5.75 Å². The fraction of sp³-hybridized carbons (Fsp3) is 0.920. The fourth-order valence-corrected chi connectivity index (χ4v) is 5.32. The number of hydrogen-bond donors (Lipinski definition) is 8. The van der Waals surface area contributed by atoms with Crippen molar-refractivity contribution >= 4 is 11.8 Å². The van der Waals surface area contributed by atoms with Crippen molar-refractivity contribution in [1.82, 2.24) is 15.0 Å². The van der Waals surface area contributed by atoms with Crippen molar-refractivity contribution in [3.8, 4) is 0 Å². The smallest absolute Gasteiger partial charge is 0.180 e. The molecule has 256 valence electrons. The van der Waals surface area contributed by atoms with E-state index < -0.39 is 73.7 Å². The Hall–Kier alpha value is -1.11. The zero-order valence-corrected chi connectivity index (χ0v) is 25.0. The second kappa shape index (κ2) is 20.2. The van der Waals surface area contributed by atoms with Gasteiger partial charge in [-0.2, -0.15) is 0 Å². The van der Waals surface area contributed by atoms with Crippen LogP contribution in [0.25, 0.3) is 0 Å². The average Bonchev–Trinajstić information content (AvgIpc) is 3.50. The minimum absolute atomic E-state index is 0.120. The van der Waals surface area contributed by atoms with Gasteiger partial charge >= 0.3 is 0 Å². The normalized spacial score (nSPS) is 32.7. The molecule has 10 atom stereocenters. The van der Waals surface area contributed by atoms with Gasteiger partial charge in [0.05, 0.1) is 85.5 Å². The van der Waals surface area contributed by atoms with Gasteiger partial charge in [0.1, 0.15) is 60.0 Å². The molecule has 2 fully saturated rings. The summed E-state index contributed by atoms with van der Waals surface area (Å²) in [7, 11) is 0. The van der Waals surface area contributed by atoms with Crippen LogP contribution in [0.4, 0.5) is 0 Å². The second-order valence-electron chi connectivity index (χ2n) is 9.98. The lowest BCUT2D eigenvalue weighted by Crippen LogP contribution is -2.57. The highest BCUT2D eigenvalue weighted by atomic mass is 32.2. The van der Waals surface area contributed by atoms with E-state index in [0.29, 0.717) is 64.3 Å². The summed E-state index contributed by atoms with van der Waals surface area (Å²) in [5.74, 6) is 0.476. The molecular formula is C25H45N3O15S. The first-order valence-electron chi connectivity index (χ1n) is 14.3. The molecular weight excluding hydrogens is 614 g/mol. The fourth-order valence-electron chi connectivity index (χ4n) is 4.29. The molecule has 0 bridgehead atoms. The van der Waals surface area contributed by atoms with Gasteiger partial charge in [-0.15, -0.1) is 16.9 Å². The molecule has 0 spiro atoms. The summed E-state index contributed by atoms with van der Waals surface area (Å²) >= 11 is 1.22. The number of nitrogens with zero attached hydrogens (tertiary/aromatic N) is 3. The lowest BCUT2D eigenvalue weighted by Gasteiger charge is -2.39. The molecule has 0 saturated carbocycles. The maximum Gasteiger partial charge on any atom is 0.180 e. The summed E-state index contributed by atoms with van der Waals surface area (Å²) in [5, 5.41) is 85.9. The van der Waals surface area contributed by atoms with Crippen LogP contribution < -0.4 is 0 Å². The Morgan fingerprint density at radius 3 is 1.70 bits per heavy atom. The second-order valence-corrected chi connectivity index (χ2v) is 11.2. The number of ether oxygens (including phenoxy) is 7. The molecule has 18 nitrogen and oxygen atoms in total. The third-order valence-corrected chi connectivity index (χ3v) is 7.90. The van der Waals surface area contributed by atoms with E-state index in [-0.39, 0.29) is 13.2 Å². The highest BCUT2D eigenvalue weighted by Gasteiger charge is 2.45. The Balaban J connectivity index is 1.10. The topological polar surface area (TPSA) is 257 Å². The van der Waals surface area contributed by atoms with Gasteiger partial charge in [-0.05, 0) is 0 Å². The summed E-state index contributed by atoms with van der Waals surface area (Å²) in [6.07, 6.45) is -10.1. The molecule has 3 rings (SSSR count). The number of hydrogen-bond acceptors (Lipinski definition) is 18. The van der Waals surface area contributed by atoms with E-state index in [0.717, 1.165) is 0 Å². The van der Waals surface area contributed by atoms with E-state index in [1.54, 1.807) is 0 Å². The molecule has 19 heteroatoms. The first-order chi connectivity index (χ1) is 21.3. The van der Waals surface area contributed by atoms with E-state index in [1.807, 2.05) is 0 Å². The molecule has 1 aromatic rings. The Kier molecular flexibility index (Phi) is 17.1. The average molecular weight is 660 g/mol. The van der Waals surface area contributed by atoms with Gasteiger partial charge < -0.3 is 74.0 Å². The summed E-state index contributed by atoms with van der Waals surface area (Å²) in [6.45, 7) is 2.35. The van der Waals surface area contributed by atoms with E-state index >= 15 is 0 Å². The molecule has 44 heavy (non-hydrogen) atoms. The van der Waals surface area contributed by atoms with E-state index in [9.17, 15) is 40.9 Å². The van der Waals surface area contributed by atoms with Crippen molar-refractivity contribution in [2.24, 2.45) is 0 Å². The Labute approximate surface area is 258 Å². The molecule has 0 radical (unpaired) electrons. The lowest BCUT2D eigenvalue weighted by molar-refractivity contribution is -0.254. The van der Waals surface area contributed by atoms with Crippen molar-refractivity contribution in [3.63, 3.8) is 0 Å². The van der Waals surface area contributed by atoms with Crippen LogP contribution in [-0.4, -0.2) is 189 Å². The van der Waals surface area contributed by atoms with Gasteiger partial charge in [0.15, 0.2) is 6.23 Å². The zero-order chi connectivity index (χ0) is 31.9. The van der Waals surface area contributed by atoms with Crippen LogP contribution in [0.5, 0.6) is 0 Å². The van der Waals surface area contributed by atoms with Crippen LogP contribution in [0.15, 0.2) is 6.20 Å². The van der Waals surface area contributed by atoms with Crippen LogP contribution in [0, 0.1) is 0 Å². The highest BCUT2D eigenvalue weighted by molar-refractivity contribution is 7.99. The van der Waals surface area contributed by atoms with Gasteiger partial charge in [-0.1, -0.05) is 5.21 Å². The standard InChI is InChI=1S/C25H45N3O15S/c29-12-16-18(31)20(33)22(35)24(42-16)28-11-15(26-27-28)14-41-8-7-39-4-3-37-1-2-38-5-6-40-9-10-44-25-23(36)21(34)19(32)17(13-30)43-25/h11,16-25,29-36H,1-10,12-14H2/t16-,17-,18-,19+,20+,21+,22-,23-,24-,25?/m1/s1. The summed E-state index contributed by atoms with van der Waals surface area (Å²) in [4.78, 5) is 0. The first-order valence-corrected chi connectivity index (χ1v) is 15.3. The lowest BCUT2D eigenvalue weighted by atomic mass is 9.98. The molecule has 0 amide bonds. The predicted molar refractivity (Wildman–Crippen MR) is 148 cm³/mol. The summed E-state index contributed by atoms with van der Waals surface area (Å²) < 4.78 is 39.3. The van der Waals surface area contributed by atoms with Crippen molar-refractivity contribution in [3.05, 3.63) is 11.9 Å². The van der Waals surface area contributed by atoms with Crippen molar-refractivity contribution in [2.75, 3.05) is 78.4 Å². The van der Waals surface area contributed by atoms with Gasteiger partial charge in [0.2, 0.25) is 0 Å². The third-order valence-electron chi connectivity index (χ3n) is 6.78. The van der Waals surface area contributed by atoms with Crippen molar-refractivity contribution in [2.45, 2.75) is 67.1 Å².